The summed E-state index contributed by atoms with van der Waals surface area (Å²) < 4.78 is 0.505. The van der Waals surface area contributed by atoms with Crippen LogP contribution >= 0.6 is 15.9 Å². The molecule has 57 valence electrons. The van der Waals surface area contributed by atoms with Crippen molar-refractivity contribution < 1.29 is 4.92 Å². The summed E-state index contributed by atoms with van der Waals surface area (Å²) in [5.74, 6) is 0. The average molecular weight is 215 g/mol. The zero-order valence-electron chi connectivity index (χ0n) is 5.80. The molecule has 1 aromatic carbocycles. The molecule has 0 amide bonds. The van der Waals surface area contributed by atoms with Crippen LogP contribution in [-0.2, 0) is 0 Å². The molecule has 0 aromatic heterocycles. The molecule has 0 saturated heterocycles. The highest BCUT2D eigenvalue weighted by Crippen LogP contribution is 2.26. The third-order valence-electron chi connectivity index (χ3n) is 1.29. The van der Waals surface area contributed by atoms with Crippen LogP contribution in [0.25, 0.3) is 0 Å². The van der Waals surface area contributed by atoms with Gasteiger partial charge in [0.1, 0.15) is 0 Å². The number of nitro groups is 1. The third kappa shape index (κ3) is 1.57. The molecule has 0 N–H and O–H groups in total. The average Bonchev–Trinajstić information content (AvgIpc) is 1.94. The van der Waals surface area contributed by atoms with E-state index >= 15 is 0 Å². The SMILES string of the molecule is Cc1[c]ccc([N+](=O)[O-])c1Br. The Hall–Kier alpha value is -0.900. The molecule has 0 spiro atoms. The summed E-state index contributed by atoms with van der Waals surface area (Å²) >= 11 is 3.11. The fraction of sp³-hybridized carbons (Fsp3) is 0.143. The molecule has 4 heteroatoms. The third-order valence-corrected chi connectivity index (χ3v) is 2.29. The topological polar surface area (TPSA) is 43.1 Å². The molecule has 0 unspecified atom stereocenters. The van der Waals surface area contributed by atoms with Crippen molar-refractivity contribution >= 4 is 21.6 Å². The number of aryl methyl sites for hydroxylation is 1. The Labute approximate surface area is 72.3 Å². The van der Waals surface area contributed by atoms with Gasteiger partial charge in [-0.05, 0) is 40.5 Å². The molecule has 0 fully saturated rings. The molecule has 0 aliphatic rings. The Morgan fingerprint density at radius 2 is 2.36 bits per heavy atom. The van der Waals surface area contributed by atoms with Crippen molar-refractivity contribution in [3.05, 3.63) is 38.3 Å². The van der Waals surface area contributed by atoms with E-state index in [0.29, 0.717) is 4.47 Å². The van der Waals surface area contributed by atoms with Gasteiger partial charge in [-0.3, -0.25) is 10.1 Å². The number of rotatable bonds is 1. The van der Waals surface area contributed by atoms with Crippen LogP contribution in [-0.4, -0.2) is 4.92 Å². The number of halogens is 1. The number of hydrogen-bond donors (Lipinski definition) is 0. The van der Waals surface area contributed by atoms with E-state index in [1.54, 1.807) is 6.92 Å². The maximum atomic E-state index is 10.3. The van der Waals surface area contributed by atoms with Gasteiger partial charge < -0.3 is 0 Å². The largest absolute Gasteiger partial charge is 0.283 e. The maximum absolute atomic E-state index is 10.3. The van der Waals surface area contributed by atoms with Gasteiger partial charge in [-0.1, -0.05) is 0 Å². The Bertz CT molecular complexity index is 298. The normalized spacial score (nSPS) is 9.64. The second kappa shape index (κ2) is 3.00. The van der Waals surface area contributed by atoms with E-state index in [2.05, 4.69) is 22.0 Å². The molecule has 0 saturated carbocycles. The maximum Gasteiger partial charge on any atom is 0.283 e. The Morgan fingerprint density at radius 1 is 1.73 bits per heavy atom. The summed E-state index contributed by atoms with van der Waals surface area (Å²) in [7, 11) is 0. The lowest BCUT2D eigenvalue weighted by atomic mass is 10.2. The zero-order chi connectivity index (χ0) is 8.43. The molecule has 0 aliphatic heterocycles. The van der Waals surface area contributed by atoms with Crippen LogP contribution in [0.5, 0.6) is 0 Å². The first-order chi connectivity index (χ1) is 5.13. The van der Waals surface area contributed by atoms with Crippen molar-refractivity contribution in [3.8, 4) is 0 Å². The van der Waals surface area contributed by atoms with Crippen LogP contribution in [0, 0.1) is 23.1 Å². The lowest BCUT2D eigenvalue weighted by molar-refractivity contribution is -0.385. The summed E-state index contributed by atoms with van der Waals surface area (Å²) in [6.45, 7) is 1.76. The van der Waals surface area contributed by atoms with E-state index in [4.69, 9.17) is 0 Å². The van der Waals surface area contributed by atoms with E-state index in [1.165, 1.54) is 12.1 Å². The van der Waals surface area contributed by atoms with Crippen LogP contribution in [0.3, 0.4) is 0 Å². The van der Waals surface area contributed by atoms with Crippen LogP contribution in [0.4, 0.5) is 5.69 Å². The predicted octanol–water partition coefficient (Wildman–Crippen LogP) is 2.47. The minimum absolute atomic E-state index is 0.0845. The van der Waals surface area contributed by atoms with Crippen molar-refractivity contribution in [2.24, 2.45) is 0 Å². The molecule has 1 radical (unpaired) electrons. The summed E-state index contributed by atoms with van der Waals surface area (Å²) in [6.07, 6.45) is 0. The van der Waals surface area contributed by atoms with E-state index in [-0.39, 0.29) is 5.69 Å². The lowest BCUT2D eigenvalue weighted by Gasteiger charge is -1.96. The van der Waals surface area contributed by atoms with Crippen molar-refractivity contribution in [1.29, 1.82) is 0 Å². The van der Waals surface area contributed by atoms with Gasteiger partial charge in [0.25, 0.3) is 5.69 Å². The van der Waals surface area contributed by atoms with Gasteiger partial charge in [-0.25, -0.2) is 0 Å². The summed E-state index contributed by atoms with van der Waals surface area (Å²) in [5, 5.41) is 10.3. The van der Waals surface area contributed by atoms with Crippen LogP contribution in [0.2, 0.25) is 0 Å². The second-order valence-corrected chi connectivity index (χ2v) is 2.85. The minimum Gasteiger partial charge on any atom is -0.258 e. The minimum atomic E-state index is -0.426. The van der Waals surface area contributed by atoms with Gasteiger partial charge >= 0.3 is 0 Å². The summed E-state index contributed by atoms with van der Waals surface area (Å²) in [5.41, 5.74) is 0.834. The van der Waals surface area contributed by atoms with Gasteiger partial charge in [0.15, 0.2) is 0 Å². The van der Waals surface area contributed by atoms with E-state index in [0.717, 1.165) is 5.56 Å². The van der Waals surface area contributed by atoms with E-state index < -0.39 is 4.92 Å². The predicted molar refractivity (Wildman–Crippen MR) is 44.4 cm³/mol. The molecule has 1 aromatic rings. The highest BCUT2D eigenvalue weighted by molar-refractivity contribution is 9.10. The highest BCUT2D eigenvalue weighted by Gasteiger charge is 2.11. The Kier molecular flexibility index (Phi) is 2.24. The molecule has 3 nitrogen and oxygen atoms in total. The first kappa shape index (κ1) is 8.20. The van der Waals surface area contributed by atoms with Crippen molar-refractivity contribution in [3.63, 3.8) is 0 Å². The van der Waals surface area contributed by atoms with Crippen LogP contribution in [0.1, 0.15) is 5.56 Å². The second-order valence-electron chi connectivity index (χ2n) is 2.06. The van der Waals surface area contributed by atoms with Gasteiger partial charge in [0.05, 0.1) is 9.40 Å². The molecular weight excluding hydrogens is 210 g/mol. The monoisotopic (exact) mass is 214 g/mol. The quantitative estimate of drug-likeness (QED) is 0.533. The van der Waals surface area contributed by atoms with Crippen molar-refractivity contribution in [1.82, 2.24) is 0 Å². The molecular formula is C7H5BrNO2. The van der Waals surface area contributed by atoms with Crippen LogP contribution < -0.4 is 0 Å². The lowest BCUT2D eigenvalue weighted by Crippen LogP contribution is -1.90. The molecule has 11 heavy (non-hydrogen) atoms. The van der Waals surface area contributed by atoms with Gasteiger partial charge in [0.2, 0.25) is 0 Å². The smallest absolute Gasteiger partial charge is 0.258 e. The fourth-order valence-corrected chi connectivity index (χ4v) is 1.11. The van der Waals surface area contributed by atoms with Gasteiger partial charge in [0, 0.05) is 6.07 Å². The van der Waals surface area contributed by atoms with E-state index in [9.17, 15) is 10.1 Å². The molecule has 0 atom stereocenters. The zero-order valence-corrected chi connectivity index (χ0v) is 7.38. The Balaban J connectivity index is 3.27. The van der Waals surface area contributed by atoms with Crippen molar-refractivity contribution in [2.45, 2.75) is 6.92 Å². The standard InChI is InChI=1S/C7H5BrNO2/c1-5-3-2-4-6(7(5)8)9(10)11/h2,4H,1H3. The number of hydrogen-bond acceptors (Lipinski definition) is 2. The van der Waals surface area contributed by atoms with Gasteiger partial charge in [-0.2, -0.15) is 0 Å². The summed E-state index contributed by atoms with van der Waals surface area (Å²) in [4.78, 5) is 9.91. The fourth-order valence-electron chi connectivity index (χ4n) is 0.715. The first-order valence-corrected chi connectivity index (χ1v) is 3.73. The molecule has 0 heterocycles. The highest BCUT2D eigenvalue weighted by atomic mass is 79.9. The number of nitro benzene ring substituents is 1. The number of benzene rings is 1. The van der Waals surface area contributed by atoms with E-state index in [1.807, 2.05) is 0 Å². The van der Waals surface area contributed by atoms with Crippen LogP contribution in [0.15, 0.2) is 16.6 Å². The van der Waals surface area contributed by atoms with Crippen molar-refractivity contribution in [2.75, 3.05) is 0 Å². The first-order valence-electron chi connectivity index (χ1n) is 2.94. The van der Waals surface area contributed by atoms with Gasteiger partial charge in [-0.15, -0.1) is 0 Å². The number of nitrogens with zero attached hydrogens (tertiary/aromatic N) is 1. The molecule has 0 aliphatic carbocycles. The Morgan fingerprint density at radius 3 is 2.82 bits per heavy atom. The summed E-state index contributed by atoms with van der Waals surface area (Å²) in [6, 6.07) is 5.80. The molecule has 1 rings (SSSR count). The molecule has 0 bridgehead atoms.